The molecular weight excluding hydrogens is 486 g/mol. The molecule has 3 amide bonds. The predicted octanol–water partition coefficient (Wildman–Crippen LogP) is 3.24. The highest BCUT2D eigenvalue weighted by Gasteiger charge is 2.40. The maximum Gasteiger partial charge on any atom is 0.255 e. The van der Waals surface area contributed by atoms with Crippen molar-refractivity contribution in [3.8, 4) is 0 Å². The van der Waals surface area contributed by atoms with Crippen LogP contribution in [0.4, 0.5) is 5.69 Å². The number of ketones is 2. The largest absolute Gasteiger partial charge is 0.511 e. The van der Waals surface area contributed by atoms with E-state index in [-0.39, 0.29) is 79.3 Å². The third kappa shape index (κ3) is 4.79. The van der Waals surface area contributed by atoms with E-state index in [1.54, 1.807) is 18.2 Å². The van der Waals surface area contributed by atoms with E-state index in [1.807, 2.05) is 24.3 Å². The van der Waals surface area contributed by atoms with Crippen molar-refractivity contribution in [2.75, 3.05) is 0 Å². The molecule has 9 heteroatoms. The molecule has 1 aliphatic carbocycles. The van der Waals surface area contributed by atoms with Crippen molar-refractivity contribution >= 4 is 41.2 Å². The third-order valence-electron chi connectivity index (χ3n) is 7.31. The highest BCUT2D eigenvalue weighted by molar-refractivity contribution is 6.15. The molecule has 3 aliphatic rings. The summed E-state index contributed by atoms with van der Waals surface area (Å²) in [4.78, 5) is 67.5. The summed E-state index contributed by atoms with van der Waals surface area (Å²) in [6.45, 7) is 1.68. The fourth-order valence-corrected chi connectivity index (χ4v) is 5.46. The molecule has 0 radical (unpaired) electrons. The van der Waals surface area contributed by atoms with E-state index in [1.165, 1.54) is 18.0 Å². The number of aliphatic hydroxyl groups is 1. The second-order valence-corrected chi connectivity index (χ2v) is 9.93. The first-order valence-electron chi connectivity index (χ1n) is 12.6. The Morgan fingerprint density at radius 2 is 1.89 bits per heavy atom. The average Bonchev–Trinajstić information content (AvgIpc) is 3.20. The van der Waals surface area contributed by atoms with Gasteiger partial charge in [0, 0.05) is 49.6 Å². The van der Waals surface area contributed by atoms with Gasteiger partial charge >= 0.3 is 0 Å². The number of Topliss-reactive ketones (excluding diaryl/α,β-unsaturated/α-hetero) is 2. The number of carbonyl (C=O) groups excluding carboxylic acids is 5. The van der Waals surface area contributed by atoms with E-state index < -0.39 is 11.9 Å². The highest BCUT2D eigenvalue weighted by atomic mass is 16.3. The Bertz CT molecular complexity index is 1440. The van der Waals surface area contributed by atoms with Crippen LogP contribution in [0.5, 0.6) is 0 Å². The topological polar surface area (TPSA) is 133 Å². The number of hydrogen-bond donors (Lipinski definition) is 2. The molecule has 2 aromatic rings. The maximum absolute atomic E-state index is 13.0. The molecule has 0 bridgehead atoms. The van der Waals surface area contributed by atoms with E-state index in [4.69, 9.17) is 0 Å². The summed E-state index contributed by atoms with van der Waals surface area (Å²) < 4.78 is 0. The van der Waals surface area contributed by atoms with Crippen LogP contribution in [0.15, 0.2) is 58.8 Å². The maximum atomic E-state index is 13.0. The number of rotatable bonds is 6. The number of nitrogens with one attached hydrogen (secondary N) is 1. The second-order valence-electron chi connectivity index (χ2n) is 9.93. The van der Waals surface area contributed by atoms with Crippen LogP contribution in [0.3, 0.4) is 0 Å². The summed E-state index contributed by atoms with van der Waals surface area (Å²) >= 11 is 0. The number of imide groups is 1. The molecule has 0 saturated carbocycles. The van der Waals surface area contributed by atoms with E-state index in [2.05, 4.69) is 10.3 Å². The van der Waals surface area contributed by atoms with Crippen LogP contribution < -0.4 is 5.32 Å². The predicted molar refractivity (Wildman–Crippen MR) is 138 cm³/mol. The van der Waals surface area contributed by atoms with E-state index >= 15 is 0 Å². The van der Waals surface area contributed by atoms with Crippen LogP contribution in [0.1, 0.15) is 65.6 Å². The smallest absolute Gasteiger partial charge is 0.255 e. The van der Waals surface area contributed by atoms with Gasteiger partial charge in [-0.15, -0.1) is 0 Å². The summed E-state index contributed by atoms with van der Waals surface area (Å²) in [5.74, 6) is -1.69. The molecule has 2 aliphatic heterocycles. The Labute approximate surface area is 219 Å². The molecule has 2 heterocycles. The number of aliphatic imine (C=N–C) groups is 1. The quantitative estimate of drug-likeness (QED) is 0.450. The lowest BCUT2D eigenvalue weighted by Gasteiger charge is -2.29. The van der Waals surface area contributed by atoms with Crippen molar-refractivity contribution in [2.24, 2.45) is 4.99 Å². The first-order valence-corrected chi connectivity index (χ1v) is 12.6. The minimum absolute atomic E-state index is 0.0252. The van der Waals surface area contributed by atoms with E-state index in [0.29, 0.717) is 16.8 Å². The Kier molecular flexibility index (Phi) is 6.75. The van der Waals surface area contributed by atoms with Gasteiger partial charge in [0.1, 0.15) is 17.6 Å². The van der Waals surface area contributed by atoms with Crippen molar-refractivity contribution in [3.63, 3.8) is 0 Å². The normalized spacial score (nSPS) is 21.8. The summed E-state index contributed by atoms with van der Waals surface area (Å²) in [6, 6.07) is 11.8. The minimum Gasteiger partial charge on any atom is -0.511 e. The molecule has 1 saturated heterocycles. The lowest BCUT2D eigenvalue weighted by Crippen LogP contribution is -2.52. The van der Waals surface area contributed by atoms with Gasteiger partial charge < -0.3 is 10.0 Å². The van der Waals surface area contributed by atoms with Crippen LogP contribution in [-0.2, 0) is 32.1 Å². The number of fused-ring (bicyclic) bond motifs is 1. The number of benzene rings is 2. The molecule has 0 spiro atoms. The molecule has 194 valence electrons. The average molecular weight is 514 g/mol. The summed E-state index contributed by atoms with van der Waals surface area (Å²) in [5.41, 5.74) is 3.36. The van der Waals surface area contributed by atoms with Crippen molar-refractivity contribution in [1.29, 1.82) is 0 Å². The van der Waals surface area contributed by atoms with Gasteiger partial charge in [0.05, 0.1) is 11.3 Å². The number of nitrogens with zero attached hydrogens (tertiary/aromatic N) is 2. The van der Waals surface area contributed by atoms with Gasteiger partial charge in [-0.25, -0.2) is 0 Å². The Morgan fingerprint density at radius 3 is 2.63 bits per heavy atom. The summed E-state index contributed by atoms with van der Waals surface area (Å²) in [6.07, 6.45) is 2.45. The molecule has 2 aromatic carbocycles. The Hall–Kier alpha value is -4.40. The first kappa shape index (κ1) is 25.3. The number of carbonyl (C=O) groups is 5. The van der Waals surface area contributed by atoms with Crippen LogP contribution in [-0.4, -0.2) is 51.6 Å². The van der Waals surface area contributed by atoms with Crippen molar-refractivity contribution in [3.05, 3.63) is 76.1 Å². The Morgan fingerprint density at radius 1 is 1.11 bits per heavy atom. The highest BCUT2D eigenvalue weighted by Crippen LogP contribution is 2.37. The lowest BCUT2D eigenvalue weighted by atomic mass is 9.80. The van der Waals surface area contributed by atoms with E-state index in [0.717, 1.165) is 11.1 Å². The molecule has 2 unspecified atom stereocenters. The minimum atomic E-state index is -0.737. The SMILES string of the molecule is CC(=O)Cc1ccccc1C1CC(=O)C(C=Nc2cccc3c2CN(C2CCC(=O)NC2=O)C3=O)=C(O)C1. The molecular formula is C29H27N3O6. The molecule has 0 aromatic heterocycles. The fraction of sp³-hybridized carbons (Fsp3) is 0.310. The van der Waals surface area contributed by atoms with Crippen molar-refractivity contribution < 1.29 is 29.1 Å². The molecule has 1 fully saturated rings. The first-order chi connectivity index (χ1) is 18.2. The van der Waals surface area contributed by atoms with E-state index in [9.17, 15) is 29.1 Å². The Balaban J connectivity index is 1.37. The standard InChI is InChI=1S/C29H27N3O6/c1-16(33)11-17-5-2-3-6-19(17)18-12-25(34)21(26(35)13-18)14-30-23-8-4-7-20-22(23)15-32(29(20)38)24-9-10-27(36)31-28(24)37/h2-8,14,18,24,34H,9-13,15H2,1H3,(H,31,36,37). The third-order valence-corrected chi connectivity index (χ3v) is 7.31. The number of aliphatic hydroxyl groups excluding tert-OH is 1. The molecule has 38 heavy (non-hydrogen) atoms. The van der Waals surface area contributed by atoms with Crippen LogP contribution in [0, 0.1) is 0 Å². The van der Waals surface area contributed by atoms with Gasteiger partial charge in [-0.1, -0.05) is 30.3 Å². The van der Waals surface area contributed by atoms with Crippen molar-refractivity contribution in [2.45, 2.75) is 57.5 Å². The molecule has 5 rings (SSSR count). The van der Waals surface area contributed by atoms with Crippen molar-refractivity contribution in [1.82, 2.24) is 10.2 Å². The van der Waals surface area contributed by atoms with Gasteiger partial charge in [0.25, 0.3) is 5.91 Å². The molecule has 2 atom stereocenters. The number of piperidine rings is 1. The number of amides is 3. The number of hydrogen-bond acceptors (Lipinski definition) is 7. The molecule has 9 nitrogen and oxygen atoms in total. The number of allylic oxidation sites excluding steroid dienone is 2. The van der Waals surface area contributed by atoms with Crippen LogP contribution in [0.25, 0.3) is 0 Å². The van der Waals surface area contributed by atoms with Gasteiger partial charge in [-0.05, 0) is 42.5 Å². The van der Waals surface area contributed by atoms with Gasteiger partial charge in [0.15, 0.2) is 5.78 Å². The second kappa shape index (κ2) is 10.2. The zero-order valence-electron chi connectivity index (χ0n) is 20.9. The van der Waals surface area contributed by atoms with Crippen LogP contribution >= 0.6 is 0 Å². The summed E-state index contributed by atoms with van der Waals surface area (Å²) in [7, 11) is 0. The monoisotopic (exact) mass is 513 g/mol. The van der Waals surface area contributed by atoms with Gasteiger partial charge in [-0.2, -0.15) is 0 Å². The summed E-state index contributed by atoms with van der Waals surface area (Å²) in [5, 5.41) is 13.1. The van der Waals surface area contributed by atoms with Crippen LogP contribution in [0.2, 0.25) is 0 Å². The zero-order valence-corrected chi connectivity index (χ0v) is 20.9. The van der Waals surface area contributed by atoms with Gasteiger partial charge in [-0.3, -0.25) is 34.3 Å². The van der Waals surface area contributed by atoms with Gasteiger partial charge in [0.2, 0.25) is 11.8 Å². The lowest BCUT2D eigenvalue weighted by molar-refractivity contribution is -0.137. The zero-order chi connectivity index (χ0) is 27.0. The molecule has 2 N–H and O–H groups in total. The fourth-order valence-electron chi connectivity index (χ4n) is 5.46.